The molecule has 0 aliphatic rings. The van der Waals surface area contributed by atoms with Crippen molar-refractivity contribution in [2.45, 2.75) is 46.2 Å². The van der Waals surface area contributed by atoms with E-state index in [1.54, 1.807) is 0 Å². The SMILES string of the molecule is CC[C@@H](NC(=O)[C@H](C)N(c1cccc(F)c1)S(C)(=O)=O)c1ccc(C)c(C)c1. The second-order valence-corrected chi connectivity index (χ2v) is 8.89. The quantitative estimate of drug-likeness (QED) is 0.759. The Bertz CT molecular complexity index is 960. The highest BCUT2D eigenvalue weighted by atomic mass is 32.2. The molecule has 0 radical (unpaired) electrons. The predicted molar refractivity (Wildman–Crippen MR) is 110 cm³/mol. The second kappa shape index (κ2) is 8.73. The number of aryl methyl sites for hydroxylation is 2. The number of carbonyl (C=O) groups is 1. The summed E-state index contributed by atoms with van der Waals surface area (Å²) in [7, 11) is -3.79. The first kappa shape index (κ1) is 21.9. The van der Waals surface area contributed by atoms with E-state index >= 15 is 0 Å². The van der Waals surface area contributed by atoms with Gasteiger partial charge in [0.05, 0.1) is 18.0 Å². The van der Waals surface area contributed by atoms with Crippen LogP contribution in [0.5, 0.6) is 0 Å². The summed E-state index contributed by atoms with van der Waals surface area (Å²) in [6, 6.07) is 9.91. The van der Waals surface area contributed by atoms with Crippen LogP contribution in [0.1, 0.15) is 43.0 Å². The van der Waals surface area contributed by atoms with Crippen molar-refractivity contribution in [3.05, 3.63) is 65.0 Å². The van der Waals surface area contributed by atoms with Crippen LogP contribution >= 0.6 is 0 Å². The van der Waals surface area contributed by atoms with Crippen LogP contribution in [0.25, 0.3) is 0 Å². The van der Waals surface area contributed by atoms with Gasteiger partial charge in [0.2, 0.25) is 15.9 Å². The van der Waals surface area contributed by atoms with Gasteiger partial charge in [-0.3, -0.25) is 9.10 Å². The molecule has 0 aromatic heterocycles. The molecule has 5 nitrogen and oxygen atoms in total. The van der Waals surface area contributed by atoms with Crippen molar-refractivity contribution in [1.82, 2.24) is 5.32 Å². The zero-order chi connectivity index (χ0) is 21.1. The van der Waals surface area contributed by atoms with Crippen molar-refractivity contribution in [2.75, 3.05) is 10.6 Å². The van der Waals surface area contributed by atoms with Gasteiger partial charge in [-0.15, -0.1) is 0 Å². The zero-order valence-electron chi connectivity index (χ0n) is 16.9. The molecule has 1 amide bonds. The molecule has 2 aromatic carbocycles. The van der Waals surface area contributed by atoms with Crippen LogP contribution in [-0.4, -0.2) is 26.6 Å². The lowest BCUT2D eigenvalue weighted by Gasteiger charge is -2.30. The van der Waals surface area contributed by atoms with E-state index in [0.717, 1.165) is 33.3 Å². The molecule has 0 unspecified atom stereocenters. The lowest BCUT2D eigenvalue weighted by atomic mass is 9.99. The molecule has 7 heteroatoms. The van der Waals surface area contributed by atoms with Crippen molar-refractivity contribution in [1.29, 1.82) is 0 Å². The van der Waals surface area contributed by atoms with Crippen molar-refractivity contribution in [3.8, 4) is 0 Å². The molecule has 2 atom stereocenters. The standard InChI is InChI=1S/C21H27FN2O3S/c1-6-20(17-11-10-14(2)15(3)12-17)23-21(25)16(4)24(28(5,26)27)19-9-7-8-18(22)13-19/h7-13,16,20H,6H2,1-5H3,(H,23,25)/t16-,20+/m0/s1. The molecule has 1 N–H and O–H groups in total. The van der Waals surface area contributed by atoms with Crippen LogP contribution in [0.4, 0.5) is 10.1 Å². The number of amides is 1. The summed E-state index contributed by atoms with van der Waals surface area (Å²) < 4.78 is 39.2. The summed E-state index contributed by atoms with van der Waals surface area (Å²) >= 11 is 0. The van der Waals surface area contributed by atoms with Gasteiger partial charge in [0.15, 0.2) is 0 Å². The third kappa shape index (κ3) is 5.10. The topological polar surface area (TPSA) is 66.5 Å². The number of carbonyl (C=O) groups excluding carboxylic acids is 1. The molecule has 0 aliphatic carbocycles. The van der Waals surface area contributed by atoms with Crippen LogP contribution in [0.2, 0.25) is 0 Å². The van der Waals surface area contributed by atoms with Crippen LogP contribution in [0.3, 0.4) is 0 Å². The van der Waals surface area contributed by atoms with Gasteiger partial charge in [0.1, 0.15) is 11.9 Å². The lowest BCUT2D eigenvalue weighted by Crippen LogP contribution is -2.48. The summed E-state index contributed by atoms with van der Waals surface area (Å²) in [6.45, 7) is 7.47. The number of hydrogen-bond acceptors (Lipinski definition) is 3. The monoisotopic (exact) mass is 406 g/mol. The van der Waals surface area contributed by atoms with Gasteiger partial charge in [-0.2, -0.15) is 0 Å². The Balaban J connectivity index is 2.30. The lowest BCUT2D eigenvalue weighted by molar-refractivity contribution is -0.122. The molecule has 0 saturated heterocycles. The average Bonchev–Trinajstić information content (AvgIpc) is 2.60. The first-order valence-corrected chi connectivity index (χ1v) is 11.0. The minimum absolute atomic E-state index is 0.115. The Morgan fingerprint density at radius 1 is 1.14 bits per heavy atom. The zero-order valence-corrected chi connectivity index (χ0v) is 17.7. The number of sulfonamides is 1. The largest absolute Gasteiger partial charge is 0.347 e. The van der Waals surface area contributed by atoms with Crippen molar-refractivity contribution >= 4 is 21.6 Å². The Hall–Kier alpha value is -2.41. The fourth-order valence-electron chi connectivity index (χ4n) is 3.12. The van der Waals surface area contributed by atoms with Gasteiger partial charge in [-0.05, 0) is 62.1 Å². The number of nitrogens with zero attached hydrogens (tertiary/aromatic N) is 1. The van der Waals surface area contributed by atoms with Crippen molar-refractivity contribution in [2.24, 2.45) is 0 Å². The highest BCUT2D eigenvalue weighted by Crippen LogP contribution is 2.24. The molecular weight excluding hydrogens is 379 g/mol. The highest BCUT2D eigenvalue weighted by Gasteiger charge is 2.30. The number of halogens is 1. The van der Waals surface area contributed by atoms with Crippen LogP contribution in [0, 0.1) is 19.7 Å². The minimum atomic E-state index is -3.79. The molecule has 0 saturated carbocycles. The number of benzene rings is 2. The second-order valence-electron chi connectivity index (χ2n) is 7.03. The van der Waals surface area contributed by atoms with Crippen molar-refractivity contribution in [3.63, 3.8) is 0 Å². The van der Waals surface area contributed by atoms with Gasteiger partial charge < -0.3 is 5.32 Å². The Morgan fingerprint density at radius 2 is 1.82 bits per heavy atom. The van der Waals surface area contributed by atoms with Gasteiger partial charge >= 0.3 is 0 Å². The van der Waals surface area contributed by atoms with Crippen LogP contribution in [0.15, 0.2) is 42.5 Å². The van der Waals surface area contributed by atoms with E-state index in [-0.39, 0.29) is 11.7 Å². The summed E-state index contributed by atoms with van der Waals surface area (Å²) in [6.07, 6.45) is 1.65. The van der Waals surface area contributed by atoms with Crippen molar-refractivity contribution < 1.29 is 17.6 Å². The maximum absolute atomic E-state index is 13.6. The number of hydrogen-bond donors (Lipinski definition) is 1. The van der Waals surface area contributed by atoms with E-state index in [0.29, 0.717) is 6.42 Å². The summed E-state index contributed by atoms with van der Waals surface area (Å²) in [5.41, 5.74) is 3.36. The average molecular weight is 407 g/mol. The number of anilines is 1. The van der Waals surface area contributed by atoms with Gasteiger partial charge in [0, 0.05) is 0 Å². The number of rotatable bonds is 7. The third-order valence-corrected chi connectivity index (χ3v) is 6.05. The Morgan fingerprint density at radius 3 is 2.36 bits per heavy atom. The molecule has 0 heterocycles. The molecule has 0 bridgehead atoms. The van der Waals surface area contributed by atoms with E-state index in [1.807, 2.05) is 39.0 Å². The molecule has 0 spiro atoms. The number of nitrogens with one attached hydrogen (secondary N) is 1. The maximum Gasteiger partial charge on any atom is 0.244 e. The van der Waals surface area contributed by atoms with Gasteiger partial charge in [-0.25, -0.2) is 12.8 Å². The summed E-state index contributed by atoms with van der Waals surface area (Å²) in [5.74, 6) is -1.01. The predicted octanol–water partition coefficient (Wildman–Crippen LogP) is 3.86. The molecule has 152 valence electrons. The fraction of sp³-hybridized carbons (Fsp3) is 0.381. The molecule has 28 heavy (non-hydrogen) atoms. The van der Waals surface area contributed by atoms with Gasteiger partial charge in [0.25, 0.3) is 0 Å². The summed E-state index contributed by atoms with van der Waals surface area (Å²) in [5, 5.41) is 2.93. The highest BCUT2D eigenvalue weighted by molar-refractivity contribution is 7.92. The third-order valence-electron chi connectivity index (χ3n) is 4.81. The first-order chi connectivity index (χ1) is 13.0. The molecule has 2 aromatic rings. The van der Waals surface area contributed by atoms with E-state index in [2.05, 4.69) is 5.32 Å². The molecule has 0 aliphatic heterocycles. The van der Waals surface area contributed by atoms with Gasteiger partial charge in [-0.1, -0.05) is 31.2 Å². The van der Waals surface area contributed by atoms with Crippen LogP contribution in [-0.2, 0) is 14.8 Å². The normalized spacial score (nSPS) is 13.6. The molecule has 0 fully saturated rings. The summed E-state index contributed by atoms with van der Waals surface area (Å²) in [4.78, 5) is 12.9. The molecular formula is C21H27FN2O3S. The smallest absolute Gasteiger partial charge is 0.244 e. The van der Waals surface area contributed by atoms with E-state index in [4.69, 9.17) is 0 Å². The van der Waals surface area contributed by atoms with Crippen LogP contribution < -0.4 is 9.62 Å². The maximum atomic E-state index is 13.6. The van der Waals surface area contributed by atoms with E-state index in [9.17, 15) is 17.6 Å². The van der Waals surface area contributed by atoms with E-state index < -0.39 is 27.8 Å². The Kier molecular flexibility index (Phi) is 6.82. The Labute approximate surface area is 166 Å². The first-order valence-electron chi connectivity index (χ1n) is 9.17. The fourth-order valence-corrected chi connectivity index (χ4v) is 4.28. The molecule has 2 rings (SSSR count). The van der Waals surface area contributed by atoms with E-state index in [1.165, 1.54) is 25.1 Å². The minimum Gasteiger partial charge on any atom is -0.347 e.